The molecule has 35 heavy (non-hydrogen) atoms. The van der Waals surface area contributed by atoms with E-state index in [4.69, 9.17) is 4.74 Å². The maximum atomic E-state index is 10.3. The molecular weight excluding hydrogens is 444 g/mol. The summed E-state index contributed by atoms with van der Waals surface area (Å²) in [5.41, 5.74) is 1.55. The zero-order valence-corrected chi connectivity index (χ0v) is 25.5. The van der Waals surface area contributed by atoms with Crippen molar-refractivity contribution in [2.45, 2.75) is 117 Å². The second-order valence-corrected chi connectivity index (χ2v) is 21.5. The van der Waals surface area contributed by atoms with Crippen LogP contribution in [-0.4, -0.2) is 33.0 Å². The van der Waals surface area contributed by atoms with Crippen molar-refractivity contribution in [2.75, 3.05) is 13.7 Å². The molecule has 0 bridgehead atoms. The second kappa shape index (κ2) is 8.44. The summed E-state index contributed by atoms with van der Waals surface area (Å²) in [6.07, 6.45) is 17.0. The van der Waals surface area contributed by atoms with Crippen molar-refractivity contribution in [1.82, 2.24) is 0 Å². The van der Waals surface area contributed by atoms with Gasteiger partial charge >= 0.3 is 0 Å². The van der Waals surface area contributed by atoms with Gasteiger partial charge in [0.2, 0.25) is 0 Å². The van der Waals surface area contributed by atoms with Crippen molar-refractivity contribution >= 4 is 8.07 Å². The van der Waals surface area contributed by atoms with Crippen LogP contribution in [0.1, 0.15) is 86.0 Å². The van der Waals surface area contributed by atoms with Crippen molar-refractivity contribution in [3.8, 4) is 0 Å². The number of hydrogen-bond acceptors (Lipinski definition) is 2. The predicted molar refractivity (Wildman–Crippen MR) is 150 cm³/mol. The Hall–Kier alpha value is -0.123. The van der Waals surface area contributed by atoms with E-state index in [0.717, 1.165) is 29.6 Å². The maximum Gasteiger partial charge on any atom is 0.0638 e. The normalized spacial score (nSPS) is 50.1. The monoisotopic (exact) mass is 500 g/mol. The Morgan fingerprint density at radius 2 is 1.74 bits per heavy atom. The van der Waals surface area contributed by atoms with Gasteiger partial charge in [0.1, 0.15) is 0 Å². The molecule has 5 saturated carbocycles. The summed E-state index contributed by atoms with van der Waals surface area (Å²) in [4.78, 5) is 0. The first-order valence-electron chi connectivity index (χ1n) is 15.1. The average Bonchev–Trinajstić information content (AvgIpc) is 3.31. The largest absolute Gasteiger partial charge is 0.396 e. The molecule has 1 N–H and O–H groups in total. The lowest BCUT2D eigenvalue weighted by Crippen LogP contribution is -2.57. The second-order valence-electron chi connectivity index (χ2n) is 15.8. The molecule has 3 heteroatoms. The SMILES string of the molecule is CO[C@@H]1C[C@H]2[C@@H]3CC[C@H]([C@H](C)/C=C/[C@@H](C)C(C)(CO)[Si](C)(C)C)[C@@]3(C)CC[C@@H]2[C@@]2(C)CC[C@@H]3C[C@]312. The van der Waals surface area contributed by atoms with Crippen molar-refractivity contribution in [1.29, 1.82) is 0 Å². The third-order valence-corrected chi connectivity index (χ3v) is 18.3. The number of aliphatic hydroxyl groups is 1. The van der Waals surface area contributed by atoms with E-state index in [9.17, 15) is 5.11 Å². The van der Waals surface area contributed by atoms with Gasteiger partial charge in [-0.25, -0.2) is 0 Å². The Labute approximate surface area is 218 Å². The van der Waals surface area contributed by atoms with Gasteiger partial charge in [-0.15, -0.1) is 0 Å². The van der Waals surface area contributed by atoms with Crippen LogP contribution in [0.5, 0.6) is 0 Å². The van der Waals surface area contributed by atoms with Gasteiger partial charge in [-0.1, -0.05) is 66.4 Å². The summed E-state index contributed by atoms with van der Waals surface area (Å²) in [5, 5.41) is 10.3. The Bertz CT molecular complexity index is 847. The Kier molecular flexibility index (Phi) is 6.38. The Balaban J connectivity index is 1.34. The molecule has 0 amide bonds. The van der Waals surface area contributed by atoms with Crippen LogP contribution < -0.4 is 0 Å². The molecule has 0 radical (unpaired) electrons. The molecule has 0 saturated heterocycles. The number of methoxy groups -OCH3 is 1. The number of aliphatic hydroxyl groups excluding tert-OH is 1. The zero-order valence-electron chi connectivity index (χ0n) is 24.5. The van der Waals surface area contributed by atoms with E-state index >= 15 is 0 Å². The molecule has 1 unspecified atom stereocenters. The summed E-state index contributed by atoms with van der Waals surface area (Å²) in [7, 11) is 0.532. The molecule has 2 nitrogen and oxygen atoms in total. The van der Waals surface area contributed by atoms with E-state index in [1.165, 1.54) is 51.4 Å². The lowest BCUT2D eigenvalue weighted by molar-refractivity contribution is -0.160. The zero-order chi connectivity index (χ0) is 25.6. The van der Waals surface area contributed by atoms with Crippen LogP contribution in [0.25, 0.3) is 0 Å². The standard InChI is InChI=1S/C32H56O2Si/c1-21(10-11-22(2)31(5,20-33)35(7,8)9)25-12-13-26-24-18-28(34-6)32-19-23(32)14-17-30(32,4)27(24)15-16-29(25,26)3/h10-11,21-28,33H,12-20H2,1-9H3/b11-10+/t21-,22-,23-,24+,25-,26+,27+,28-,29-,30-,31?,32+/m1/s1. The number of fused-ring (bicyclic) bond motifs is 4. The van der Waals surface area contributed by atoms with Crippen LogP contribution >= 0.6 is 0 Å². The van der Waals surface area contributed by atoms with E-state index in [-0.39, 0.29) is 5.04 Å². The predicted octanol–water partition coefficient (Wildman–Crippen LogP) is 8.19. The molecule has 5 aliphatic carbocycles. The van der Waals surface area contributed by atoms with Crippen molar-refractivity contribution < 1.29 is 9.84 Å². The van der Waals surface area contributed by atoms with Gasteiger partial charge in [0.05, 0.1) is 14.2 Å². The fraction of sp³-hybridized carbons (Fsp3) is 0.938. The van der Waals surface area contributed by atoms with Crippen LogP contribution in [0, 0.1) is 57.7 Å². The average molecular weight is 501 g/mol. The van der Waals surface area contributed by atoms with Crippen LogP contribution in [0.4, 0.5) is 0 Å². The molecule has 5 rings (SSSR count). The minimum absolute atomic E-state index is 0.0357. The Morgan fingerprint density at radius 1 is 1.03 bits per heavy atom. The molecule has 5 aliphatic rings. The molecule has 12 atom stereocenters. The van der Waals surface area contributed by atoms with Crippen LogP contribution in [0.15, 0.2) is 12.2 Å². The highest BCUT2D eigenvalue weighted by Crippen LogP contribution is 2.82. The molecule has 0 aromatic rings. The third kappa shape index (κ3) is 3.45. The lowest BCUT2D eigenvalue weighted by atomic mass is 9.45. The first-order valence-corrected chi connectivity index (χ1v) is 18.6. The van der Waals surface area contributed by atoms with E-state index in [2.05, 4.69) is 66.4 Å². The summed E-state index contributed by atoms with van der Waals surface area (Å²) in [6, 6.07) is 0. The van der Waals surface area contributed by atoms with Gasteiger partial charge < -0.3 is 9.84 Å². The van der Waals surface area contributed by atoms with Gasteiger partial charge in [0.25, 0.3) is 0 Å². The highest BCUT2D eigenvalue weighted by Gasteiger charge is 2.77. The Morgan fingerprint density at radius 3 is 2.34 bits per heavy atom. The molecule has 200 valence electrons. The topological polar surface area (TPSA) is 29.5 Å². The van der Waals surface area contributed by atoms with E-state index in [0.29, 0.717) is 40.8 Å². The van der Waals surface area contributed by atoms with E-state index in [1.54, 1.807) is 0 Å². The number of ether oxygens (including phenoxy) is 1. The molecule has 0 aromatic heterocycles. The smallest absolute Gasteiger partial charge is 0.0638 e. The minimum atomic E-state index is -1.48. The highest BCUT2D eigenvalue weighted by atomic mass is 28.3. The van der Waals surface area contributed by atoms with Crippen LogP contribution in [0.2, 0.25) is 24.7 Å². The number of rotatable bonds is 7. The highest BCUT2D eigenvalue weighted by molar-refractivity contribution is 6.79. The van der Waals surface area contributed by atoms with Crippen molar-refractivity contribution in [2.24, 2.45) is 57.7 Å². The molecule has 0 aliphatic heterocycles. The fourth-order valence-electron chi connectivity index (χ4n) is 11.2. The molecule has 0 aromatic carbocycles. The fourth-order valence-corrected chi connectivity index (χ4v) is 13.2. The maximum absolute atomic E-state index is 10.3. The molecule has 1 spiro atoms. The van der Waals surface area contributed by atoms with Gasteiger partial charge in [-0.3, -0.25) is 0 Å². The minimum Gasteiger partial charge on any atom is -0.396 e. The number of allylic oxidation sites excluding steroid dienone is 2. The molecule has 5 fully saturated rings. The number of hydrogen-bond donors (Lipinski definition) is 1. The van der Waals surface area contributed by atoms with Gasteiger partial charge in [-0.05, 0) is 109 Å². The first kappa shape index (κ1) is 26.5. The summed E-state index contributed by atoms with van der Waals surface area (Å²) in [5.74, 6) is 5.50. The first-order chi connectivity index (χ1) is 16.3. The third-order valence-electron chi connectivity index (χ3n) is 14.3. The van der Waals surface area contributed by atoms with Crippen LogP contribution in [0.3, 0.4) is 0 Å². The summed E-state index contributed by atoms with van der Waals surface area (Å²) in [6.45, 7) is 20.1. The molecule has 0 heterocycles. The van der Waals surface area contributed by atoms with Crippen molar-refractivity contribution in [3.63, 3.8) is 0 Å². The lowest BCUT2D eigenvalue weighted by Gasteiger charge is -2.61. The van der Waals surface area contributed by atoms with Gasteiger partial charge in [0.15, 0.2) is 0 Å². The summed E-state index contributed by atoms with van der Waals surface area (Å²) < 4.78 is 6.33. The molecular formula is C32H56O2Si. The van der Waals surface area contributed by atoms with Crippen molar-refractivity contribution in [3.05, 3.63) is 12.2 Å². The van der Waals surface area contributed by atoms with Gasteiger partial charge in [0, 0.05) is 19.1 Å². The van der Waals surface area contributed by atoms with Crippen LogP contribution in [-0.2, 0) is 4.74 Å². The van der Waals surface area contributed by atoms with E-state index in [1.807, 2.05) is 7.11 Å². The van der Waals surface area contributed by atoms with Gasteiger partial charge in [-0.2, -0.15) is 0 Å². The van der Waals surface area contributed by atoms with E-state index < -0.39 is 8.07 Å². The quantitative estimate of drug-likeness (QED) is 0.282. The summed E-state index contributed by atoms with van der Waals surface area (Å²) >= 11 is 0.